The molecule has 1 nitrogen and oxygen atoms in total. The molecule has 0 heterocycles. The molecule has 0 aliphatic rings. The number of rotatable bonds is 9. The van der Waals surface area contributed by atoms with Gasteiger partial charge in [-0.25, -0.2) is 8.78 Å². The zero-order valence-corrected chi connectivity index (χ0v) is 12.3. The van der Waals surface area contributed by atoms with Crippen LogP contribution >= 0.6 is 0 Å². The van der Waals surface area contributed by atoms with Crippen LogP contribution in [0.3, 0.4) is 0 Å². The predicted octanol–water partition coefficient (Wildman–Crippen LogP) is 4.57. The number of halogens is 2. The first-order chi connectivity index (χ1) is 8.34. The van der Waals surface area contributed by atoms with E-state index in [-0.39, 0.29) is 11.8 Å². The van der Waals surface area contributed by atoms with Gasteiger partial charge in [0.05, 0.1) is 6.10 Å². The van der Waals surface area contributed by atoms with Gasteiger partial charge in [-0.2, -0.15) is 0 Å². The third-order valence-electron chi connectivity index (χ3n) is 4.00. The van der Waals surface area contributed by atoms with Crippen LogP contribution in [0.15, 0.2) is 12.7 Å². The highest BCUT2D eigenvalue weighted by molar-refractivity contribution is 4.82. The van der Waals surface area contributed by atoms with Crippen molar-refractivity contribution in [3.63, 3.8) is 0 Å². The molecule has 3 heteroatoms. The van der Waals surface area contributed by atoms with Gasteiger partial charge in [0.2, 0.25) is 0 Å². The largest absolute Gasteiger partial charge is 0.379 e. The summed E-state index contributed by atoms with van der Waals surface area (Å²) in [6.07, 6.45) is 0.0522. The quantitative estimate of drug-likeness (QED) is 0.553. The zero-order chi connectivity index (χ0) is 14.3. The van der Waals surface area contributed by atoms with Crippen molar-refractivity contribution in [2.75, 3.05) is 7.11 Å². The molecular weight excluding hydrogens is 234 g/mol. The van der Waals surface area contributed by atoms with Crippen LogP contribution in [0.5, 0.6) is 0 Å². The fraction of sp³-hybridized carbons (Fsp3) is 0.867. The Hall–Kier alpha value is -0.440. The lowest BCUT2D eigenvalue weighted by molar-refractivity contribution is -0.0173. The van der Waals surface area contributed by atoms with Crippen molar-refractivity contribution in [2.24, 2.45) is 17.8 Å². The lowest BCUT2D eigenvalue weighted by Crippen LogP contribution is -2.36. The van der Waals surface area contributed by atoms with Gasteiger partial charge in [-0.05, 0) is 37.5 Å². The molecule has 108 valence electrons. The van der Waals surface area contributed by atoms with Crippen molar-refractivity contribution >= 4 is 0 Å². The number of methoxy groups -OCH3 is 1. The van der Waals surface area contributed by atoms with Crippen LogP contribution in [-0.4, -0.2) is 25.6 Å². The highest BCUT2D eigenvalue weighted by atomic mass is 19.2. The molecule has 0 bridgehead atoms. The molecule has 0 fully saturated rings. The highest BCUT2D eigenvalue weighted by Gasteiger charge is 2.33. The fourth-order valence-corrected chi connectivity index (χ4v) is 1.90. The van der Waals surface area contributed by atoms with Gasteiger partial charge in [0.25, 0.3) is 0 Å². The van der Waals surface area contributed by atoms with Gasteiger partial charge < -0.3 is 4.74 Å². The van der Waals surface area contributed by atoms with E-state index in [1.54, 1.807) is 13.8 Å². The van der Waals surface area contributed by atoms with E-state index < -0.39 is 18.4 Å². The van der Waals surface area contributed by atoms with Crippen LogP contribution in [0, 0.1) is 17.8 Å². The molecule has 6 atom stereocenters. The topological polar surface area (TPSA) is 9.23 Å². The van der Waals surface area contributed by atoms with Gasteiger partial charge in [0.1, 0.15) is 6.17 Å². The molecule has 0 aliphatic carbocycles. The van der Waals surface area contributed by atoms with Gasteiger partial charge in [-0.3, -0.25) is 0 Å². The Balaban J connectivity index is 4.26. The van der Waals surface area contributed by atoms with Crippen LogP contribution in [0.2, 0.25) is 0 Å². The first kappa shape index (κ1) is 17.6. The van der Waals surface area contributed by atoms with Crippen molar-refractivity contribution in [3.05, 3.63) is 12.7 Å². The minimum atomic E-state index is -1.55. The minimum absolute atomic E-state index is 0.157. The monoisotopic (exact) mass is 262 g/mol. The van der Waals surface area contributed by atoms with E-state index in [2.05, 4.69) is 13.5 Å². The average Bonchev–Trinajstić information content (AvgIpc) is 2.40. The van der Waals surface area contributed by atoms with E-state index in [0.29, 0.717) is 5.92 Å². The molecule has 0 radical (unpaired) electrons. The second kappa shape index (κ2) is 8.63. The highest BCUT2D eigenvalue weighted by Crippen LogP contribution is 2.28. The smallest absolute Gasteiger partial charge is 0.157 e. The van der Waals surface area contributed by atoms with Crippen LogP contribution in [-0.2, 0) is 4.74 Å². The molecule has 0 aromatic rings. The lowest BCUT2D eigenvalue weighted by Gasteiger charge is -2.28. The molecule has 0 amide bonds. The van der Waals surface area contributed by atoms with E-state index in [4.69, 9.17) is 4.74 Å². The first-order valence-corrected chi connectivity index (χ1v) is 6.78. The molecule has 0 spiro atoms. The van der Waals surface area contributed by atoms with Gasteiger partial charge in [0, 0.05) is 7.11 Å². The van der Waals surface area contributed by atoms with E-state index in [0.717, 1.165) is 12.8 Å². The van der Waals surface area contributed by atoms with Crippen molar-refractivity contribution < 1.29 is 13.5 Å². The third-order valence-corrected chi connectivity index (χ3v) is 4.00. The maximum atomic E-state index is 14.0. The van der Waals surface area contributed by atoms with Crippen LogP contribution in [0.25, 0.3) is 0 Å². The van der Waals surface area contributed by atoms with E-state index in [9.17, 15) is 8.78 Å². The van der Waals surface area contributed by atoms with Crippen molar-refractivity contribution in [1.82, 2.24) is 0 Å². The van der Waals surface area contributed by atoms with Gasteiger partial charge in [0.15, 0.2) is 6.17 Å². The summed E-state index contributed by atoms with van der Waals surface area (Å²) >= 11 is 0. The summed E-state index contributed by atoms with van der Waals surface area (Å²) in [6.45, 7) is 11.1. The van der Waals surface area contributed by atoms with Gasteiger partial charge in [-0.1, -0.05) is 26.8 Å². The summed E-state index contributed by atoms with van der Waals surface area (Å²) in [5.74, 6) is 0.288. The molecule has 0 N–H and O–H groups in total. The molecular formula is C15H28F2O. The molecule has 0 aromatic carbocycles. The Bertz CT molecular complexity index is 233. The standard InChI is InChI=1S/C15H28F2O/c1-7-10(2)8-9-11(3)12(4)14(16)15(17)13(5)18-6/h7,10-15H,1,8-9H2,2-6H3. The van der Waals surface area contributed by atoms with E-state index in [1.807, 2.05) is 13.0 Å². The summed E-state index contributed by atoms with van der Waals surface area (Å²) < 4.78 is 32.6. The number of ether oxygens (including phenoxy) is 1. The minimum Gasteiger partial charge on any atom is -0.379 e. The summed E-state index contributed by atoms with van der Waals surface area (Å²) in [6, 6.07) is 0. The predicted molar refractivity (Wildman–Crippen MR) is 73.2 cm³/mol. The third kappa shape index (κ3) is 5.47. The fourth-order valence-electron chi connectivity index (χ4n) is 1.90. The molecule has 0 saturated carbocycles. The molecule has 0 aromatic heterocycles. The number of alkyl halides is 2. The Kier molecular flexibility index (Phi) is 8.41. The van der Waals surface area contributed by atoms with Crippen molar-refractivity contribution in [2.45, 2.75) is 59.0 Å². The van der Waals surface area contributed by atoms with Crippen molar-refractivity contribution in [1.29, 1.82) is 0 Å². The summed E-state index contributed by atoms with van der Waals surface area (Å²) in [7, 11) is 1.41. The summed E-state index contributed by atoms with van der Waals surface area (Å²) in [5, 5.41) is 0. The van der Waals surface area contributed by atoms with Gasteiger partial charge >= 0.3 is 0 Å². The Morgan fingerprint density at radius 1 is 1.06 bits per heavy atom. The molecule has 0 aliphatic heterocycles. The number of allylic oxidation sites excluding steroid dienone is 1. The van der Waals surface area contributed by atoms with Crippen LogP contribution in [0.1, 0.15) is 40.5 Å². The van der Waals surface area contributed by atoms with Crippen LogP contribution < -0.4 is 0 Å². The molecule has 6 unspecified atom stereocenters. The van der Waals surface area contributed by atoms with E-state index >= 15 is 0 Å². The summed E-state index contributed by atoms with van der Waals surface area (Å²) in [5.41, 5.74) is 0. The van der Waals surface area contributed by atoms with Gasteiger partial charge in [-0.15, -0.1) is 6.58 Å². The molecule has 0 rings (SSSR count). The first-order valence-electron chi connectivity index (χ1n) is 6.78. The second-order valence-electron chi connectivity index (χ2n) is 5.46. The van der Waals surface area contributed by atoms with E-state index in [1.165, 1.54) is 7.11 Å². The Labute approximate surface area is 111 Å². The number of hydrogen-bond donors (Lipinski definition) is 0. The zero-order valence-electron chi connectivity index (χ0n) is 12.3. The Morgan fingerprint density at radius 2 is 1.61 bits per heavy atom. The maximum Gasteiger partial charge on any atom is 0.157 e. The number of hydrogen-bond acceptors (Lipinski definition) is 1. The lowest BCUT2D eigenvalue weighted by atomic mass is 9.84. The average molecular weight is 262 g/mol. The normalized spacial score (nSPS) is 21.7. The summed E-state index contributed by atoms with van der Waals surface area (Å²) in [4.78, 5) is 0. The SMILES string of the molecule is C=CC(C)CCC(C)C(C)C(F)C(F)C(C)OC. The second-order valence-corrected chi connectivity index (χ2v) is 5.46. The molecule has 18 heavy (non-hydrogen) atoms. The maximum absolute atomic E-state index is 14.0. The Morgan fingerprint density at radius 3 is 2.06 bits per heavy atom. The van der Waals surface area contributed by atoms with Crippen molar-refractivity contribution in [3.8, 4) is 0 Å². The molecule has 0 saturated heterocycles. The van der Waals surface area contributed by atoms with Crippen LogP contribution in [0.4, 0.5) is 8.78 Å².